The lowest BCUT2D eigenvalue weighted by atomic mass is 9.70. The predicted octanol–water partition coefficient (Wildman–Crippen LogP) is 3.38. The van der Waals surface area contributed by atoms with Crippen molar-refractivity contribution in [1.29, 1.82) is 0 Å². The quantitative estimate of drug-likeness (QED) is 0.810. The molecule has 2 fully saturated rings. The summed E-state index contributed by atoms with van der Waals surface area (Å²) in [5.74, 6) is 0.715. The van der Waals surface area contributed by atoms with Crippen molar-refractivity contribution >= 4 is 0 Å². The van der Waals surface area contributed by atoms with Crippen LogP contribution in [0.15, 0.2) is 0 Å². The van der Waals surface area contributed by atoms with Gasteiger partial charge in [-0.15, -0.1) is 0 Å². The Kier molecular flexibility index (Phi) is 5.49. The third-order valence-electron chi connectivity index (χ3n) is 5.44. The smallest absolute Gasteiger partial charge is 0.0939 e. The Morgan fingerprint density at radius 2 is 2.10 bits per heavy atom. The van der Waals surface area contributed by atoms with Gasteiger partial charge in [-0.2, -0.15) is 0 Å². The second kappa shape index (κ2) is 6.76. The van der Waals surface area contributed by atoms with E-state index < -0.39 is 0 Å². The van der Waals surface area contributed by atoms with E-state index in [4.69, 9.17) is 9.47 Å². The molecule has 2 aliphatic rings. The second-order valence-electron chi connectivity index (χ2n) is 7.36. The first-order valence-corrected chi connectivity index (χ1v) is 8.48. The van der Waals surface area contributed by atoms with E-state index in [0.717, 1.165) is 39.2 Å². The summed E-state index contributed by atoms with van der Waals surface area (Å²) in [5, 5.41) is 3.84. The van der Waals surface area contributed by atoms with Crippen LogP contribution in [0.2, 0.25) is 0 Å². The molecule has 0 aromatic heterocycles. The van der Waals surface area contributed by atoms with Crippen LogP contribution >= 0.6 is 0 Å². The minimum atomic E-state index is 0.0267. The van der Waals surface area contributed by atoms with Crippen LogP contribution < -0.4 is 5.32 Å². The third-order valence-corrected chi connectivity index (χ3v) is 5.44. The fourth-order valence-electron chi connectivity index (χ4n) is 3.81. The van der Waals surface area contributed by atoms with Crippen LogP contribution in [0.25, 0.3) is 0 Å². The summed E-state index contributed by atoms with van der Waals surface area (Å²) >= 11 is 0. The maximum absolute atomic E-state index is 6.10. The highest BCUT2D eigenvalue weighted by molar-refractivity contribution is 4.97. The second-order valence-corrected chi connectivity index (χ2v) is 7.36. The SMILES string of the molecule is CCCNC(C1CCOC2(CCOC2)C1)C(C)(C)CC. The highest BCUT2D eigenvalue weighted by Gasteiger charge is 2.45. The summed E-state index contributed by atoms with van der Waals surface area (Å²) in [5.41, 5.74) is 0.372. The van der Waals surface area contributed by atoms with E-state index in [1.54, 1.807) is 0 Å². The molecule has 1 spiro atoms. The average molecular weight is 283 g/mol. The molecule has 0 saturated carbocycles. The van der Waals surface area contributed by atoms with Gasteiger partial charge in [-0.1, -0.05) is 27.7 Å². The fourth-order valence-corrected chi connectivity index (χ4v) is 3.81. The van der Waals surface area contributed by atoms with Crippen molar-refractivity contribution in [2.75, 3.05) is 26.4 Å². The summed E-state index contributed by atoms with van der Waals surface area (Å²) in [6.45, 7) is 13.1. The van der Waals surface area contributed by atoms with E-state index in [2.05, 4.69) is 33.0 Å². The number of hydrogen-bond acceptors (Lipinski definition) is 3. The molecule has 3 nitrogen and oxygen atoms in total. The van der Waals surface area contributed by atoms with Crippen LogP contribution in [0.3, 0.4) is 0 Å². The number of rotatable bonds is 6. The molecule has 0 bridgehead atoms. The molecule has 3 heteroatoms. The number of ether oxygens (including phenoxy) is 2. The van der Waals surface area contributed by atoms with Crippen molar-refractivity contribution in [1.82, 2.24) is 5.32 Å². The molecule has 2 rings (SSSR count). The van der Waals surface area contributed by atoms with Crippen molar-refractivity contribution in [2.24, 2.45) is 11.3 Å². The maximum atomic E-state index is 6.10. The van der Waals surface area contributed by atoms with Gasteiger partial charge < -0.3 is 14.8 Å². The molecule has 0 aromatic carbocycles. The molecule has 2 heterocycles. The van der Waals surface area contributed by atoms with Crippen molar-refractivity contribution in [3.05, 3.63) is 0 Å². The zero-order valence-electron chi connectivity index (χ0n) is 13.8. The Labute approximate surface area is 124 Å². The first-order valence-electron chi connectivity index (χ1n) is 8.48. The van der Waals surface area contributed by atoms with Crippen LogP contribution in [-0.2, 0) is 9.47 Å². The first-order chi connectivity index (χ1) is 9.53. The highest BCUT2D eigenvalue weighted by Crippen LogP contribution is 2.41. The van der Waals surface area contributed by atoms with Crippen LogP contribution in [0.5, 0.6) is 0 Å². The summed E-state index contributed by atoms with van der Waals surface area (Å²) in [4.78, 5) is 0. The van der Waals surface area contributed by atoms with E-state index >= 15 is 0 Å². The Morgan fingerprint density at radius 3 is 2.70 bits per heavy atom. The molecule has 0 radical (unpaired) electrons. The maximum Gasteiger partial charge on any atom is 0.0939 e. The molecule has 2 aliphatic heterocycles. The molecular formula is C17H33NO2. The molecular weight excluding hydrogens is 250 g/mol. The van der Waals surface area contributed by atoms with Gasteiger partial charge in [-0.3, -0.25) is 0 Å². The topological polar surface area (TPSA) is 30.5 Å². The van der Waals surface area contributed by atoms with Crippen molar-refractivity contribution < 1.29 is 9.47 Å². The Morgan fingerprint density at radius 1 is 1.30 bits per heavy atom. The lowest BCUT2D eigenvalue weighted by molar-refractivity contribution is -0.109. The van der Waals surface area contributed by atoms with E-state index in [1.165, 1.54) is 19.3 Å². The summed E-state index contributed by atoms with van der Waals surface area (Å²) < 4.78 is 11.7. The van der Waals surface area contributed by atoms with Crippen LogP contribution in [-0.4, -0.2) is 38.0 Å². The molecule has 3 unspecified atom stereocenters. The zero-order valence-corrected chi connectivity index (χ0v) is 13.8. The van der Waals surface area contributed by atoms with E-state index in [-0.39, 0.29) is 5.60 Å². The molecule has 0 aliphatic carbocycles. The zero-order chi connectivity index (χ0) is 14.6. The predicted molar refractivity (Wildman–Crippen MR) is 83.0 cm³/mol. The molecule has 2 saturated heterocycles. The minimum Gasteiger partial charge on any atom is -0.378 e. The Balaban J connectivity index is 2.07. The van der Waals surface area contributed by atoms with Crippen molar-refractivity contribution in [3.8, 4) is 0 Å². The molecule has 0 amide bonds. The summed E-state index contributed by atoms with van der Waals surface area (Å²) in [6.07, 6.45) is 5.85. The van der Waals surface area contributed by atoms with Gasteiger partial charge in [0.25, 0.3) is 0 Å². The van der Waals surface area contributed by atoms with Gasteiger partial charge in [0.2, 0.25) is 0 Å². The standard InChI is InChI=1S/C17H33NO2/c1-5-9-18-15(16(3,4)6-2)14-7-10-20-17(12-14)8-11-19-13-17/h14-15,18H,5-13H2,1-4H3. The summed E-state index contributed by atoms with van der Waals surface area (Å²) in [7, 11) is 0. The van der Waals surface area contributed by atoms with Crippen LogP contribution in [0.4, 0.5) is 0 Å². The minimum absolute atomic E-state index is 0.0267. The van der Waals surface area contributed by atoms with Gasteiger partial charge in [0.1, 0.15) is 0 Å². The average Bonchev–Trinajstić information content (AvgIpc) is 2.87. The molecule has 20 heavy (non-hydrogen) atoms. The molecule has 0 aromatic rings. The Bertz CT molecular complexity index is 297. The van der Waals surface area contributed by atoms with Gasteiger partial charge in [0.15, 0.2) is 0 Å². The van der Waals surface area contributed by atoms with Crippen LogP contribution in [0.1, 0.15) is 59.8 Å². The normalized spacial score (nSPS) is 32.7. The van der Waals surface area contributed by atoms with Gasteiger partial charge in [-0.25, -0.2) is 0 Å². The Hall–Kier alpha value is -0.120. The van der Waals surface area contributed by atoms with Crippen molar-refractivity contribution in [3.63, 3.8) is 0 Å². The lowest BCUT2D eigenvalue weighted by Crippen LogP contribution is -2.52. The fraction of sp³-hybridized carbons (Fsp3) is 1.00. The summed E-state index contributed by atoms with van der Waals surface area (Å²) in [6, 6.07) is 0.592. The highest BCUT2D eigenvalue weighted by atomic mass is 16.6. The van der Waals surface area contributed by atoms with Gasteiger partial charge in [0, 0.05) is 25.7 Å². The van der Waals surface area contributed by atoms with Gasteiger partial charge in [-0.05, 0) is 43.6 Å². The van der Waals surface area contributed by atoms with E-state index in [9.17, 15) is 0 Å². The molecule has 3 atom stereocenters. The van der Waals surface area contributed by atoms with Crippen LogP contribution in [0, 0.1) is 11.3 Å². The monoisotopic (exact) mass is 283 g/mol. The molecule has 1 N–H and O–H groups in total. The number of nitrogens with one attached hydrogen (secondary N) is 1. The van der Waals surface area contributed by atoms with Gasteiger partial charge in [0.05, 0.1) is 12.2 Å². The largest absolute Gasteiger partial charge is 0.378 e. The molecule has 118 valence electrons. The lowest BCUT2D eigenvalue weighted by Gasteiger charge is -2.46. The van der Waals surface area contributed by atoms with E-state index in [1.807, 2.05) is 0 Å². The van der Waals surface area contributed by atoms with Gasteiger partial charge >= 0.3 is 0 Å². The van der Waals surface area contributed by atoms with E-state index in [0.29, 0.717) is 17.4 Å². The first kappa shape index (κ1) is 16.3. The number of hydrogen-bond donors (Lipinski definition) is 1. The third kappa shape index (κ3) is 3.55. The van der Waals surface area contributed by atoms with Crippen molar-refractivity contribution in [2.45, 2.75) is 71.4 Å².